The van der Waals surface area contributed by atoms with Gasteiger partial charge in [0.15, 0.2) is 5.65 Å². The smallest absolute Gasteiger partial charge is 0.243 e. The van der Waals surface area contributed by atoms with Gasteiger partial charge in [0.1, 0.15) is 5.52 Å². The highest BCUT2D eigenvalue weighted by Crippen LogP contribution is 2.32. The molecule has 1 aliphatic rings. The van der Waals surface area contributed by atoms with Crippen LogP contribution in [0.3, 0.4) is 0 Å². The van der Waals surface area contributed by atoms with Crippen LogP contribution in [0.4, 0.5) is 0 Å². The van der Waals surface area contributed by atoms with Crippen molar-refractivity contribution in [3.63, 3.8) is 0 Å². The lowest BCUT2D eigenvalue weighted by atomic mass is 9.84. The topological polar surface area (TPSA) is 70.7 Å². The van der Waals surface area contributed by atoms with Gasteiger partial charge in [-0.15, -0.1) is 0 Å². The number of H-pyrrole nitrogens is 1. The second-order valence-electron chi connectivity index (χ2n) is 5.28. The van der Waals surface area contributed by atoms with Gasteiger partial charge in [-0.25, -0.2) is 9.97 Å². The van der Waals surface area contributed by atoms with E-state index in [1.807, 2.05) is 18.5 Å². The fourth-order valence-corrected chi connectivity index (χ4v) is 2.89. The number of nitrogens with one attached hydrogen (secondary N) is 2. The van der Waals surface area contributed by atoms with Crippen molar-refractivity contribution < 1.29 is 4.79 Å². The third kappa shape index (κ3) is 2.57. The summed E-state index contributed by atoms with van der Waals surface area (Å²) in [5.41, 5.74) is 2.75. The third-order valence-electron chi connectivity index (χ3n) is 3.90. The largest absolute Gasteiger partial charge is 0.350 e. The number of rotatable bonds is 3. The molecule has 1 fully saturated rings. The van der Waals surface area contributed by atoms with E-state index in [0.717, 1.165) is 42.5 Å². The van der Waals surface area contributed by atoms with Crippen molar-refractivity contribution in [1.82, 2.24) is 20.3 Å². The van der Waals surface area contributed by atoms with Crippen LogP contribution in [0.25, 0.3) is 11.2 Å². The average molecular weight is 270 g/mol. The Morgan fingerprint density at radius 1 is 1.50 bits per heavy atom. The summed E-state index contributed by atoms with van der Waals surface area (Å²) in [6.07, 6.45) is 9.17. The molecule has 20 heavy (non-hydrogen) atoms. The highest BCUT2D eigenvalue weighted by atomic mass is 16.1. The van der Waals surface area contributed by atoms with E-state index in [1.165, 1.54) is 6.08 Å². The van der Waals surface area contributed by atoms with E-state index in [0.29, 0.717) is 5.92 Å². The normalized spacial score (nSPS) is 22.6. The van der Waals surface area contributed by atoms with Gasteiger partial charge >= 0.3 is 0 Å². The van der Waals surface area contributed by atoms with Crippen LogP contribution in [0.2, 0.25) is 0 Å². The van der Waals surface area contributed by atoms with Crippen molar-refractivity contribution in [2.75, 3.05) is 0 Å². The molecule has 2 N–H and O–H groups in total. The zero-order valence-electron chi connectivity index (χ0n) is 11.3. The van der Waals surface area contributed by atoms with Crippen molar-refractivity contribution in [2.45, 2.75) is 37.6 Å². The summed E-state index contributed by atoms with van der Waals surface area (Å²) in [6, 6.07) is 2.15. The SMILES string of the molecule is C=CC(=O)NC1CCCC(c2cnc3[nH]ccc3n2)C1. The molecule has 5 heteroatoms. The molecule has 2 aromatic rings. The molecule has 104 valence electrons. The Bertz CT molecular complexity index is 634. The number of aromatic amines is 1. The Labute approximate surface area is 117 Å². The first-order valence-electron chi connectivity index (χ1n) is 6.99. The number of fused-ring (bicyclic) bond motifs is 1. The molecule has 2 heterocycles. The number of carbonyl (C=O) groups excluding carboxylic acids is 1. The Morgan fingerprint density at radius 3 is 3.25 bits per heavy atom. The predicted molar refractivity (Wildman–Crippen MR) is 77.2 cm³/mol. The van der Waals surface area contributed by atoms with Gasteiger partial charge in [-0.3, -0.25) is 4.79 Å². The molecule has 0 bridgehead atoms. The Kier molecular flexibility index (Phi) is 3.50. The second-order valence-corrected chi connectivity index (χ2v) is 5.28. The number of aromatic nitrogens is 3. The summed E-state index contributed by atoms with van der Waals surface area (Å²) in [7, 11) is 0. The van der Waals surface area contributed by atoms with Crippen LogP contribution in [-0.2, 0) is 4.79 Å². The molecule has 3 rings (SSSR count). The summed E-state index contributed by atoms with van der Waals surface area (Å²) in [5, 5.41) is 2.99. The van der Waals surface area contributed by atoms with Crippen LogP contribution < -0.4 is 5.32 Å². The zero-order chi connectivity index (χ0) is 13.9. The lowest BCUT2D eigenvalue weighted by Gasteiger charge is -2.29. The highest BCUT2D eigenvalue weighted by molar-refractivity contribution is 5.87. The molecule has 1 saturated carbocycles. The Hall–Kier alpha value is -2.17. The molecule has 0 spiro atoms. The molecule has 0 saturated heterocycles. The van der Waals surface area contributed by atoms with Crippen LogP contribution in [-0.4, -0.2) is 26.9 Å². The van der Waals surface area contributed by atoms with Crippen molar-refractivity contribution in [2.24, 2.45) is 0 Å². The quantitative estimate of drug-likeness (QED) is 0.841. The number of hydrogen-bond acceptors (Lipinski definition) is 3. The minimum absolute atomic E-state index is 0.0946. The Balaban J connectivity index is 1.75. The zero-order valence-corrected chi connectivity index (χ0v) is 11.3. The van der Waals surface area contributed by atoms with Gasteiger partial charge in [0.25, 0.3) is 0 Å². The highest BCUT2D eigenvalue weighted by Gasteiger charge is 2.25. The van der Waals surface area contributed by atoms with E-state index in [1.54, 1.807) is 0 Å². The van der Waals surface area contributed by atoms with Gasteiger partial charge in [0, 0.05) is 18.2 Å². The monoisotopic (exact) mass is 270 g/mol. The maximum Gasteiger partial charge on any atom is 0.243 e. The molecule has 0 aromatic carbocycles. The van der Waals surface area contributed by atoms with Crippen LogP contribution >= 0.6 is 0 Å². The van der Waals surface area contributed by atoms with Crippen molar-refractivity contribution in [1.29, 1.82) is 0 Å². The van der Waals surface area contributed by atoms with Crippen LogP contribution in [0.1, 0.15) is 37.3 Å². The summed E-state index contributed by atoms with van der Waals surface area (Å²) in [5.74, 6) is 0.272. The van der Waals surface area contributed by atoms with Gasteiger partial charge in [0.2, 0.25) is 5.91 Å². The molecule has 2 atom stereocenters. The van der Waals surface area contributed by atoms with Gasteiger partial charge in [-0.2, -0.15) is 0 Å². The van der Waals surface area contributed by atoms with Crippen molar-refractivity contribution in [3.05, 3.63) is 36.8 Å². The van der Waals surface area contributed by atoms with E-state index < -0.39 is 0 Å². The van der Waals surface area contributed by atoms with Crippen LogP contribution in [0.15, 0.2) is 31.1 Å². The van der Waals surface area contributed by atoms with Crippen molar-refractivity contribution >= 4 is 17.1 Å². The molecular weight excluding hydrogens is 252 g/mol. The van der Waals surface area contributed by atoms with Gasteiger partial charge in [-0.1, -0.05) is 13.0 Å². The van der Waals surface area contributed by atoms with Crippen LogP contribution in [0.5, 0.6) is 0 Å². The van der Waals surface area contributed by atoms with E-state index in [-0.39, 0.29) is 11.9 Å². The van der Waals surface area contributed by atoms with Gasteiger partial charge in [-0.05, 0) is 31.4 Å². The van der Waals surface area contributed by atoms with E-state index >= 15 is 0 Å². The number of amides is 1. The number of nitrogens with zero attached hydrogens (tertiary/aromatic N) is 2. The minimum atomic E-state index is -0.0946. The van der Waals surface area contributed by atoms with Crippen molar-refractivity contribution in [3.8, 4) is 0 Å². The van der Waals surface area contributed by atoms with Crippen LogP contribution in [0, 0.1) is 0 Å². The first kappa shape index (κ1) is 12.8. The molecule has 1 aliphatic carbocycles. The number of carbonyl (C=O) groups is 1. The fraction of sp³-hybridized carbons (Fsp3) is 0.400. The number of hydrogen-bond donors (Lipinski definition) is 2. The molecule has 1 amide bonds. The second kappa shape index (κ2) is 5.45. The molecular formula is C15H18N4O. The molecule has 0 radical (unpaired) electrons. The summed E-state index contributed by atoms with van der Waals surface area (Å²) < 4.78 is 0. The molecule has 0 aliphatic heterocycles. The molecule has 5 nitrogen and oxygen atoms in total. The fourth-order valence-electron chi connectivity index (χ4n) is 2.89. The summed E-state index contributed by atoms with van der Waals surface area (Å²) >= 11 is 0. The Morgan fingerprint density at radius 2 is 2.40 bits per heavy atom. The maximum absolute atomic E-state index is 11.4. The minimum Gasteiger partial charge on any atom is -0.350 e. The van der Waals surface area contributed by atoms with E-state index in [2.05, 4.69) is 26.8 Å². The predicted octanol–water partition coefficient (Wildman–Crippen LogP) is 2.29. The third-order valence-corrected chi connectivity index (χ3v) is 3.90. The molecule has 2 aromatic heterocycles. The van der Waals surface area contributed by atoms with E-state index in [4.69, 9.17) is 0 Å². The molecule has 2 unspecified atom stereocenters. The van der Waals surface area contributed by atoms with Gasteiger partial charge < -0.3 is 10.3 Å². The average Bonchev–Trinajstić information content (AvgIpc) is 2.94. The first-order valence-corrected chi connectivity index (χ1v) is 6.99. The lowest BCUT2D eigenvalue weighted by molar-refractivity contribution is -0.117. The standard InChI is InChI=1S/C15H18N4O/c1-2-14(20)18-11-5-3-4-10(8-11)13-9-17-15-12(19-13)6-7-16-15/h2,6-7,9-11H,1,3-5,8H2,(H,16,17)(H,18,20). The summed E-state index contributed by atoms with van der Waals surface area (Å²) in [6.45, 7) is 3.49. The summed E-state index contributed by atoms with van der Waals surface area (Å²) in [4.78, 5) is 23.5. The first-order chi connectivity index (χ1) is 9.76. The van der Waals surface area contributed by atoms with Gasteiger partial charge in [0.05, 0.1) is 11.9 Å². The maximum atomic E-state index is 11.4. The lowest BCUT2D eigenvalue weighted by Crippen LogP contribution is -2.37. The van der Waals surface area contributed by atoms with E-state index in [9.17, 15) is 4.79 Å².